The van der Waals surface area contributed by atoms with Gasteiger partial charge in [0.25, 0.3) is 0 Å². The molecule has 0 saturated carbocycles. The molecule has 0 amide bonds. The third-order valence-corrected chi connectivity index (χ3v) is 3.45. The highest BCUT2D eigenvalue weighted by atomic mass is 14.9. The molecule has 1 aromatic rings. The second-order valence-corrected chi connectivity index (χ2v) is 4.53. The van der Waals surface area contributed by atoms with Gasteiger partial charge in [0.1, 0.15) is 0 Å². The molecular formula is C14H24N2. The molecule has 0 radical (unpaired) electrons. The lowest BCUT2D eigenvalue weighted by Gasteiger charge is -2.20. The first-order valence-corrected chi connectivity index (χ1v) is 6.19. The first-order chi connectivity index (χ1) is 7.69. The quantitative estimate of drug-likeness (QED) is 0.773. The van der Waals surface area contributed by atoms with Crippen LogP contribution in [0.2, 0.25) is 0 Å². The summed E-state index contributed by atoms with van der Waals surface area (Å²) in [6.45, 7) is 8.30. The Labute approximate surface area is 99.2 Å². The highest BCUT2D eigenvalue weighted by molar-refractivity contribution is 5.26. The van der Waals surface area contributed by atoms with E-state index >= 15 is 0 Å². The van der Waals surface area contributed by atoms with Crippen LogP contribution < -0.4 is 11.1 Å². The van der Waals surface area contributed by atoms with Gasteiger partial charge in [-0.25, -0.2) is 0 Å². The van der Waals surface area contributed by atoms with Crippen molar-refractivity contribution in [2.45, 2.75) is 46.3 Å². The minimum Gasteiger partial charge on any atom is -0.326 e. The molecule has 2 atom stereocenters. The van der Waals surface area contributed by atoms with Crippen molar-refractivity contribution in [3.05, 3.63) is 35.4 Å². The van der Waals surface area contributed by atoms with Crippen LogP contribution in [0, 0.1) is 5.92 Å². The predicted molar refractivity (Wildman–Crippen MR) is 70.1 cm³/mol. The maximum Gasteiger partial charge on any atom is 0.0211 e. The average Bonchev–Trinajstić information content (AvgIpc) is 2.35. The van der Waals surface area contributed by atoms with E-state index in [1.165, 1.54) is 17.5 Å². The lowest BCUT2D eigenvalue weighted by molar-refractivity contribution is 0.389. The molecule has 90 valence electrons. The molecule has 0 fully saturated rings. The van der Waals surface area contributed by atoms with Crippen molar-refractivity contribution in [3.63, 3.8) is 0 Å². The van der Waals surface area contributed by atoms with Gasteiger partial charge in [-0.3, -0.25) is 0 Å². The smallest absolute Gasteiger partial charge is 0.0211 e. The van der Waals surface area contributed by atoms with Crippen LogP contribution in [0.1, 0.15) is 38.3 Å². The summed E-state index contributed by atoms with van der Waals surface area (Å²) < 4.78 is 0. The Morgan fingerprint density at radius 3 is 2.38 bits per heavy atom. The summed E-state index contributed by atoms with van der Waals surface area (Å²) in [6.07, 6.45) is 1.21. The fourth-order valence-electron chi connectivity index (χ4n) is 1.75. The van der Waals surface area contributed by atoms with E-state index in [1.54, 1.807) is 0 Å². The van der Waals surface area contributed by atoms with Crippen LogP contribution in [-0.2, 0) is 13.1 Å². The fraction of sp³-hybridized carbons (Fsp3) is 0.571. The van der Waals surface area contributed by atoms with Gasteiger partial charge in [-0.2, -0.15) is 0 Å². The van der Waals surface area contributed by atoms with Crippen molar-refractivity contribution < 1.29 is 0 Å². The minimum absolute atomic E-state index is 0.552. The van der Waals surface area contributed by atoms with Gasteiger partial charge in [-0.1, -0.05) is 44.5 Å². The zero-order valence-electron chi connectivity index (χ0n) is 10.7. The van der Waals surface area contributed by atoms with Crippen molar-refractivity contribution in [1.82, 2.24) is 5.32 Å². The first-order valence-electron chi connectivity index (χ1n) is 6.19. The summed E-state index contributed by atoms with van der Waals surface area (Å²) >= 11 is 0. The summed E-state index contributed by atoms with van der Waals surface area (Å²) in [7, 11) is 0. The normalized spacial score (nSPS) is 14.8. The van der Waals surface area contributed by atoms with Gasteiger partial charge >= 0.3 is 0 Å². The monoisotopic (exact) mass is 220 g/mol. The van der Waals surface area contributed by atoms with E-state index in [4.69, 9.17) is 5.73 Å². The van der Waals surface area contributed by atoms with Crippen LogP contribution in [0.4, 0.5) is 0 Å². The fourth-order valence-corrected chi connectivity index (χ4v) is 1.75. The Bertz CT molecular complexity index is 309. The van der Waals surface area contributed by atoms with Crippen molar-refractivity contribution in [3.8, 4) is 0 Å². The number of hydrogen-bond acceptors (Lipinski definition) is 2. The molecule has 0 heterocycles. The van der Waals surface area contributed by atoms with Crippen molar-refractivity contribution >= 4 is 0 Å². The number of nitrogens with two attached hydrogens (primary N) is 1. The Morgan fingerprint density at radius 1 is 1.19 bits per heavy atom. The molecule has 0 aliphatic carbocycles. The number of nitrogens with one attached hydrogen (secondary N) is 1. The van der Waals surface area contributed by atoms with Gasteiger partial charge in [0.05, 0.1) is 0 Å². The summed E-state index contributed by atoms with van der Waals surface area (Å²) in [5.74, 6) is 0.713. The third kappa shape index (κ3) is 3.62. The van der Waals surface area contributed by atoms with E-state index in [9.17, 15) is 0 Å². The van der Waals surface area contributed by atoms with Crippen molar-refractivity contribution in [2.75, 3.05) is 0 Å². The highest BCUT2D eigenvalue weighted by Gasteiger charge is 2.09. The summed E-state index contributed by atoms with van der Waals surface area (Å²) in [6, 6.07) is 8.92. The maximum atomic E-state index is 5.72. The molecule has 0 saturated heterocycles. The second-order valence-electron chi connectivity index (χ2n) is 4.53. The molecule has 1 rings (SSSR count). The van der Waals surface area contributed by atoms with Crippen molar-refractivity contribution in [2.24, 2.45) is 11.7 Å². The standard InChI is InChI=1S/C14H24N2/c1-4-11(2)12(3)16-10-14-8-6-5-7-13(14)9-15/h5-8,11-12,16H,4,9-10,15H2,1-3H3. The molecule has 0 aliphatic heterocycles. The largest absolute Gasteiger partial charge is 0.326 e. The maximum absolute atomic E-state index is 5.72. The summed E-state index contributed by atoms with van der Waals surface area (Å²) in [5.41, 5.74) is 8.28. The van der Waals surface area contributed by atoms with Crippen LogP contribution >= 0.6 is 0 Å². The Morgan fingerprint density at radius 2 is 1.81 bits per heavy atom. The number of benzene rings is 1. The van der Waals surface area contributed by atoms with E-state index in [2.05, 4.69) is 44.3 Å². The van der Waals surface area contributed by atoms with Gasteiger partial charge in [0.15, 0.2) is 0 Å². The zero-order chi connectivity index (χ0) is 12.0. The molecular weight excluding hydrogens is 196 g/mol. The van der Waals surface area contributed by atoms with Gasteiger partial charge in [0.2, 0.25) is 0 Å². The van der Waals surface area contributed by atoms with Crippen LogP contribution in [0.3, 0.4) is 0 Å². The Balaban J connectivity index is 2.54. The molecule has 3 N–H and O–H groups in total. The third-order valence-electron chi connectivity index (χ3n) is 3.45. The predicted octanol–water partition coefficient (Wildman–Crippen LogP) is 2.67. The van der Waals surface area contributed by atoms with Crippen LogP contribution in [-0.4, -0.2) is 6.04 Å². The molecule has 1 aromatic carbocycles. The van der Waals surface area contributed by atoms with Gasteiger partial charge in [0, 0.05) is 19.1 Å². The van der Waals surface area contributed by atoms with Crippen LogP contribution in [0.15, 0.2) is 24.3 Å². The zero-order valence-corrected chi connectivity index (χ0v) is 10.7. The lowest BCUT2D eigenvalue weighted by atomic mass is 10.00. The Hall–Kier alpha value is -0.860. The number of hydrogen-bond donors (Lipinski definition) is 2. The number of rotatable bonds is 6. The van der Waals surface area contributed by atoms with E-state index in [0.29, 0.717) is 18.5 Å². The van der Waals surface area contributed by atoms with Crippen LogP contribution in [0.5, 0.6) is 0 Å². The van der Waals surface area contributed by atoms with Crippen LogP contribution in [0.25, 0.3) is 0 Å². The van der Waals surface area contributed by atoms with E-state index in [-0.39, 0.29) is 0 Å². The van der Waals surface area contributed by atoms with Gasteiger partial charge in [-0.15, -0.1) is 0 Å². The van der Waals surface area contributed by atoms with Gasteiger partial charge in [-0.05, 0) is 24.0 Å². The Kier molecular flexibility index (Phi) is 5.50. The summed E-state index contributed by atoms with van der Waals surface area (Å²) in [5, 5.41) is 3.57. The van der Waals surface area contributed by atoms with E-state index in [1.807, 2.05) is 6.07 Å². The van der Waals surface area contributed by atoms with E-state index < -0.39 is 0 Å². The molecule has 0 aromatic heterocycles. The van der Waals surface area contributed by atoms with Gasteiger partial charge < -0.3 is 11.1 Å². The van der Waals surface area contributed by atoms with E-state index in [0.717, 1.165) is 6.54 Å². The molecule has 0 aliphatic rings. The molecule has 2 unspecified atom stereocenters. The second kappa shape index (κ2) is 6.66. The molecule has 2 nitrogen and oxygen atoms in total. The first kappa shape index (κ1) is 13.2. The molecule has 2 heteroatoms. The topological polar surface area (TPSA) is 38.0 Å². The van der Waals surface area contributed by atoms with Crippen molar-refractivity contribution in [1.29, 1.82) is 0 Å². The molecule has 0 spiro atoms. The molecule has 16 heavy (non-hydrogen) atoms. The summed E-state index contributed by atoms with van der Waals surface area (Å²) in [4.78, 5) is 0. The highest BCUT2D eigenvalue weighted by Crippen LogP contribution is 2.11. The molecule has 0 bridgehead atoms. The average molecular weight is 220 g/mol. The SMILES string of the molecule is CCC(C)C(C)NCc1ccccc1CN. The minimum atomic E-state index is 0.552. The lowest BCUT2D eigenvalue weighted by Crippen LogP contribution is -2.31.